The molecule has 3 rings (SSSR count). The molecule has 18 heavy (non-hydrogen) atoms. The second kappa shape index (κ2) is 5.04. The molecule has 0 saturated carbocycles. The molecule has 0 bridgehead atoms. The zero-order valence-electron chi connectivity index (χ0n) is 8.72. The van der Waals surface area contributed by atoms with Gasteiger partial charge >= 0.3 is 0 Å². The predicted octanol–water partition coefficient (Wildman–Crippen LogP) is 2.88. The average molecular weight is 286 g/mol. The van der Waals surface area contributed by atoms with E-state index >= 15 is 0 Å². The minimum Gasteiger partial charge on any atom is -0.354 e. The summed E-state index contributed by atoms with van der Waals surface area (Å²) in [6.45, 7) is 1.60. The summed E-state index contributed by atoms with van der Waals surface area (Å²) in [5, 5.41) is 7.31. The van der Waals surface area contributed by atoms with Gasteiger partial charge in [-0.25, -0.2) is 4.98 Å². The number of nitrogens with one attached hydrogen (secondary N) is 3. The molecule has 0 aliphatic carbocycles. The number of aliphatic imine (C=N–C) groups is 1. The third-order valence-corrected chi connectivity index (χ3v) is 3.20. The maximum Gasteiger partial charge on any atom is 0.195 e. The normalized spacial score (nSPS) is 14.0. The number of guanidine groups is 1. The van der Waals surface area contributed by atoms with Gasteiger partial charge in [-0.1, -0.05) is 30.6 Å². The molecule has 1 aliphatic heterocycles. The SMILES string of the molecule is C.Clc1cc(NC2=NCCN2)c(Cl)c2[nH]cnc12. The fourth-order valence-corrected chi connectivity index (χ4v) is 2.23. The van der Waals surface area contributed by atoms with E-state index in [1.165, 1.54) is 0 Å². The molecule has 0 saturated heterocycles. The minimum atomic E-state index is 0. The second-order valence-corrected chi connectivity index (χ2v) is 4.41. The number of aromatic nitrogens is 2. The third-order valence-electron chi connectivity index (χ3n) is 2.52. The molecule has 0 spiro atoms. The lowest BCUT2D eigenvalue weighted by Gasteiger charge is -2.09. The molecule has 0 fully saturated rings. The van der Waals surface area contributed by atoms with Gasteiger partial charge in [-0.3, -0.25) is 4.99 Å². The molecule has 0 unspecified atom stereocenters. The van der Waals surface area contributed by atoms with Crippen LogP contribution in [0.15, 0.2) is 17.4 Å². The van der Waals surface area contributed by atoms with Crippen molar-refractivity contribution in [2.75, 3.05) is 18.4 Å². The zero-order valence-corrected chi connectivity index (χ0v) is 10.2. The summed E-state index contributed by atoms with van der Waals surface area (Å²) >= 11 is 12.4. The van der Waals surface area contributed by atoms with Gasteiger partial charge in [0, 0.05) is 6.54 Å². The summed E-state index contributed by atoms with van der Waals surface area (Å²) < 4.78 is 0. The fraction of sp³-hybridized carbons (Fsp3) is 0.273. The Hall–Kier alpha value is -1.46. The van der Waals surface area contributed by atoms with Crippen LogP contribution in [0.25, 0.3) is 11.0 Å². The summed E-state index contributed by atoms with van der Waals surface area (Å²) in [4.78, 5) is 11.3. The number of hydrogen-bond donors (Lipinski definition) is 3. The third kappa shape index (κ3) is 2.11. The first-order chi connectivity index (χ1) is 8.25. The van der Waals surface area contributed by atoms with Gasteiger partial charge in [0.2, 0.25) is 0 Å². The molecule has 0 radical (unpaired) electrons. The quantitative estimate of drug-likeness (QED) is 0.755. The van der Waals surface area contributed by atoms with Gasteiger partial charge in [0.1, 0.15) is 5.52 Å². The smallest absolute Gasteiger partial charge is 0.195 e. The minimum absolute atomic E-state index is 0. The van der Waals surface area contributed by atoms with Gasteiger partial charge in [-0.05, 0) is 6.07 Å². The highest BCUT2D eigenvalue weighted by Crippen LogP contribution is 2.34. The topological polar surface area (TPSA) is 65.1 Å². The van der Waals surface area contributed by atoms with E-state index in [9.17, 15) is 0 Å². The first-order valence-electron chi connectivity index (χ1n) is 5.12. The van der Waals surface area contributed by atoms with Crippen LogP contribution in [0.1, 0.15) is 7.43 Å². The highest BCUT2D eigenvalue weighted by atomic mass is 35.5. The Balaban J connectivity index is 0.00000120. The molecule has 1 aromatic carbocycles. The molecule has 1 aliphatic rings. The van der Waals surface area contributed by atoms with Crippen LogP contribution in [0.3, 0.4) is 0 Å². The zero-order chi connectivity index (χ0) is 11.8. The maximum absolute atomic E-state index is 6.26. The average Bonchev–Trinajstić information content (AvgIpc) is 2.96. The number of hydrogen-bond acceptors (Lipinski definition) is 4. The number of fused-ring (bicyclic) bond motifs is 1. The Morgan fingerprint density at radius 1 is 1.33 bits per heavy atom. The number of aromatic amines is 1. The van der Waals surface area contributed by atoms with E-state index in [0.29, 0.717) is 27.2 Å². The van der Waals surface area contributed by atoms with Crippen LogP contribution < -0.4 is 10.6 Å². The number of halogens is 2. The van der Waals surface area contributed by atoms with Crippen LogP contribution in [-0.2, 0) is 0 Å². The van der Waals surface area contributed by atoms with Crippen LogP contribution in [0.5, 0.6) is 0 Å². The molecule has 96 valence electrons. The van der Waals surface area contributed by atoms with Gasteiger partial charge in [-0.2, -0.15) is 0 Å². The fourth-order valence-electron chi connectivity index (χ4n) is 1.74. The standard InChI is InChI=1S/C10H9Cl2N5.CH4/c11-5-3-6(17-10-13-1-2-14-10)7(12)9-8(5)15-4-16-9;/h3-4H,1-2H2,(H,15,16)(H2,13,14,17);1H4. The van der Waals surface area contributed by atoms with Crippen molar-refractivity contribution in [3.05, 3.63) is 22.4 Å². The van der Waals surface area contributed by atoms with Crippen LogP contribution in [0, 0.1) is 0 Å². The molecule has 2 aromatic rings. The molecule has 7 heteroatoms. The first-order valence-corrected chi connectivity index (χ1v) is 5.88. The monoisotopic (exact) mass is 285 g/mol. The van der Waals surface area contributed by atoms with Crippen molar-refractivity contribution >= 4 is 45.9 Å². The van der Waals surface area contributed by atoms with Gasteiger partial charge in [0.05, 0.1) is 34.1 Å². The highest BCUT2D eigenvalue weighted by molar-refractivity contribution is 6.42. The maximum atomic E-state index is 6.26. The molecule has 1 aromatic heterocycles. The van der Waals surface area contributed by atoms with Crippen molar-refractivity contribution < 1.29 is 0 Å². The molecular formula is C11H13Cl2N5. The lowest BCUT2D eigenvalue weighted by atomic mass is 10.2. The van der Waals surface area contributed by atoms with E-state index in [1.54, 1.807) is 12.4 Å². The number of anilines is 1. The molecule has 3 N–H and O–H groups in total. The van der Waals surface area contributed by atoms with Crippen molar-refractivity contribution in [2.45, 2.75) is 7.43 Å². The van der Waals surface area contributed by atoms with E-state index in [4.69, 9.17) is 23.2 Å². The van der Waals surface area contributed by atoms with Crippen molar-refractivity contribution in [3.63, 3.8) is 0 Å². The molecule has 2 heterocycles. The van der Waals surface area contributed by atoms with E-state index < -0.39 is 0 Å². The van der Waals surface area contributed by atoms with Crippen LogP contribution in [0.2, 0.25) is 10.0 Å². The summed E-state index contributed by atoms with van der Waals surface area (Å²) in [6, 6.07) is 1.75. The Morgan fingerprint density at radius 3 is 2.89 bits per heavy atom. The number of rotatable bonds is 1. The van der Waals surface area contributed by atoms with Crippen LogP contribution in [-0.4, -0.2) is 29.0 Å². The van der Waals surface area contributed by atoms with E-state index in [-0.39, 0.29) is 7.43 Å². The Bertz CT molecular complexity index is 605. The number of imidazole rings is 1. The van der Waals surface area contributed by atoms with Gasteiger partial charge in [0.15, 0.2) is 5.96 Å². The largest absolute Gasteiger partial charge is 0.354 e. The summed E-state index contributed by atoms with van der Waals surface area (Å²) in [5.74, 6) is 0.710. The molecule has 0 atom stereocenters. The van der Waals surface area contributed by atoms with Gasteiger partial charge in [0.25, 0.3) is 0 Å². The van der Waals surface area contributed by atoms with E-state index in [1.807, 2.05) is 0 Å². The number of nitrogens with zero attached hydrogens (tertiary/aromatic N) is 2. The first kappa shape index (κ1) is 13.0. The van der Waals surface area contributed by atoms with E-state index in [0.717, 1.165) is 18.6 Å². The van der Waals surface area contributed by atoms with Crippen molar-refractivity contribution in [1.29, 1.82) is 0 Å². The summed E-state index contributed by atoms with van der Waals surface area (Å²) in [7, 11) is 0. The Morgan fingerprint density at radius 2 is 2.17 bits per heavy atom. The van der Waals surface area contributed by atoms with Crippen LogP contribution in [0.4, 0.5) is 5.69 Å². The predicted molar refractivity (Wildman–Crippen MR) is 76.8 cm³/mol. The van der Waals surface area contributed by atoms with Gasteiger partial charge < -0.3 is 15.6 Å². The van der Waals surface area contributed by atoms with Crippen molar-refractivity contribution in [1.82, 2.24) is 15.3 Å². The van der Waals surface area contributed by atoms with Crippen LogP contribution >= 0.6 is 23.2 Å². The number of H-pyrrole nitrogens is 1. The van der Waals surface area contributed by atoms with Crippen molar-refractivity contribution in [2.24, 2.45) is 4.99 Å². The number of benzene rings is 1. The summed E-state index contributed by atoms with van der Waals surface area (Å²) in [6.07, 6.45) is 1.57. The van der Waals surface area contributed by atoms with Crippen molar-refractivity contribution in [3.8, 4) is 0 Å². The molecule has 5 nitrogen and oxygen atoms in total. The lowest BCUT2D eigenvalue weighted by Crippen LogP contribution is -2.26. The summed E-state index contributed by atoms with van der Waals surface area (Å²) in [5.41, 5.74) is 2.10. The Kier molecular flexibility index (Phi) is 3.63. The molecule has 0 amide bonds. The Labute approximate surface area is 115 Å². The van der Waals surface area contributed by atoms with E-state index in [2.05, 4.69) is 25.6 Å². The lowest BCUT2D eigenvalue weighted by molar-refractivity contribution is 0.959. The second-order valence-electron chi connectivity index (χ2n) is 3.63. The highest BCUT2D eigenvalue weighted by Gasteiger charge is 2.14. The van der Waals surface area contributed by atoms with Gasteiger partial charge in [-0.15, -0.1) is 0 Å². The molecular weight excluding hydrogens is 273 g/mol.